The molecular formula is C19H21ClN2O3. The van der Waals surface area contributed by atoms with Gasteiger partial charge in [-0.05, 0) is 55.0 Å². The minimum absolute atomic E-state index is 0.130. The summed E-state index contributed by atoms with van der Waals surface area (Å²) in [6.07, 6.45) is 0.771. The van der Waals surface area contributed by atoms with Gasteiger partial charge in [-0.15, -0.1) is 0 Å². The number of carbonyl (C=O) groups excluding carboxylic acids is 1. The summed E-state index contributed by atoms with van der Waals surface area (Å²) < 4.78 is 5.62. The summed E-state index contributed by atoms with van der Waals surface area (Å²) in [5.41, 5.74) is 1.02. The molecule has 1 aliphatic rings. The van der Waals surface area contributed by atoms with Gasteiger partial charge in [-0.3, -0.25) is 4.79 Å². The zero-order valence-corrected chi connectivity index (χ0v) is 14.7. The van der Waals surface area contributed by atoms with Gasteiger partial charge in [-0.1, -0.05) is 11.6 Å². The molecule has 0 radical (unpaired) electrons. The van der Waals surface area contributed by atoms with E-state index in [0.29, 0.717) is 31.3 Å². The van der Waals surface area contributed by atoms with E-state index in [1.165, 1.54) is 0 Å². The van der Waals surface area contributed by atoms with Gasteiger partial charge in [0.1, 0.15) is 11.5 Å². The fourth-order valence-corrected chi connectivity index (χ4v) is 2.93. The second kappa shape index (κ2) is 8.12. The number of aromatic hydroxyl groups is 1. The second-order valence-corrected chi connectivity index (χ2v) is 6.41. The molecule has 2 aromatic rings. The molecule has 0 unspecified atom stereocenters. The van der Waals surface area contributed by atoms with Crippen molar-refractivity contribution in [2.45, 2.75) is 6.42 Å². The van der Waals surface area contributed by atoms with E-state index in [-0.39, 0.29) is 11.7 Å². The van der Waals surface area contributed by atoms with Gasteiger partial charge in [-0.2, -0.15) is 0 Å². The molecule has 2 aromatic carbocycles. The van der Waals surface area contributed by atoms with Crippen LogP contribution in [0.1, 0.15) is 6.42 Å². The number of hydrogen-bond acceptors (Lipinski definition) is 4. The van der Waals surface area contributed by atoms with Crippen LogP contribution in [0.15, 0.2) is 48.5 Å². The van der Waals surface area contributed by atoms with Crippen LogP contribution in [0, 0.1) is 0 Å². The highest BCUT2D eigenvalue weighted by Gasteiger charge is 2.23. The molecule has 1 N–H and O–H groups in total. The van der Waals surface area contributed by atoms with Crippen molar-refractivity contribution in [3.8, 4) is 11.5 Å². The van der Waals surface area contributed by atoms with Crippen molar-refractivity contribution in [2.24, 2.45) is 0 Å². The molecule has 0 aliphatic carbocycles. The van der Waals surface area contributed by atoms with Crippen LogP contribution < -0.4 is 9.64 Å². The molecular weight excluding hydrogens is 340 g/mol. The quantitative estimate of drug-likeness (QED) is 0.804. The minimum atomic E-state index is 0.130. The third-order valence-corrected chi connectivity index (χ3v) is 4.44. The molecule has 6 heteroatoms. The molecule has 1 fully saturated rings. The fraction of sp³-hybridized carbons (Fsp3) is 0.316. The van der Waals surface area contributed by atoms with Crippen molar-refractivity contribution >= 4 is 23.2 Å². The van der Waals surface area contributed by atoms with E-state index in [1.54, 1.807) is 24.3 Å². The summed E-state index contributed by atoms with van der Waals surface area (Å²) in [7, 11) is 0. The Balaban J connectivity index is 1.42. The molecule has 132 valence electrons. The van der Waals surface area contributed by atoms with Crippen LogP contribution in [0.25, 0.3) is 0 Å². The maximum atomic E-state index is 12.3. The lowest BCUT2D eigenvalue weighted by Gasteiger charge is -2.35. The Hall–Kier alpha value is -2.40. The SMILES string of the molecule is O=C1CN(c2ccc(Cl)cc2)CCN1CCCOc1ccc(O)cc1. The molecule has 1 heterocycles. The van der Waals surface area contributed by atoms with Crippen molar-refractivity contribution in [1.29, 1.82) is 0 Å². The monoisotopic (exact) mass is 360 g/mol. The molecule has 5 nitrogen and oxygen atoms in total. The van der Waals surface area contributed by atoms with Gasteiger partial charge in [0.2, 0.25) is 5.91 Å². The third kappa shape index (κ3) is 4.79. The van der Waals surface area contributed by atoms with Crippen molar-refractivity contribution < 1.29 is 14.6 Å². The first-order valence-corrected chi connectivity index (χ1v) is 8.70. The number of benzene rings is 2. The molecule has 0 bridgehead atoms. The molecule has 0 aromatic heterocycles. The Kier molecular flexibility index (Phi) is 5.66. The predicted molar refractivity (Wildman–Crippen MR) is 98.5 cm³/mol. The number of carbonyl (C=O) groups is 1. The van der Waals surface area contributed by atoms with E-state index in [4.69, 9.17) is 16.3 Å². The Morgan fingerprint density at radius 1 is 1.04 bits per heavy atom. The van der Waals surface area contributed by atoms with Crippen LogP contribution in [0.3, 0.4) is 0 Å². The van der Waals surface area contributed by atoms with Crippen LogP contribution in [0.5, 0.6) is 11.5 Å². The highest BCUT2D eigenvalue weighted by Crippen LogP contribution is 2.20. The van der Waals surface area contributed by atoms with Gasteiger partial charge >= 0.3 is 0 Å². The zero-order valence-electron chi connectivity index (χ0n) is 13.9. The van der Waals surface area contributed by atoms with E-state index in [0.717, 1.165) is 24.4 Å². The third-order valence-electron chi connectivity index (χ3n) is 4.19. The number of hydrogen-bond donors (Lipinski definition) is 1. The molecule has 0 saturated carbocycles. The first kappa shape index (κ1) is 17.4. The van der Waals surface area contributed by atoms with E-state index < -0.39 is 0 Å². The summed E-state index contributed by atoms with van der Waals surface area (Å²) in [5, 5.41) is 9.93. The number of nitrogens with zero attached hydrogens (tertiary/aromatic N) is 2. The number of anilines is 1. The van der Waals surface area contributed by atoms with Crippen LogP contribution in [-0.4, -0.2) is 48.7 Å². The highest BCUT2D eigenvalue weighted by molar-refractivity contribution is 6.30. The van der Waals surface area contributed by atoms with Crippen molar-refractivity contribution in [1.82, 2.24) is 4.90 Å². The number of halogens is 1. The molecule has 1 saturated heterocycles. The van der Waals surface area contributed by atoms with Gasteiger partial charge in [-0.25, -0.2) is 0 Å². The Bertz CT molecular complexity index is 704. The summed E-state index contributed by atoms with van der Waals surface area (Å²) in [6, 6.07) is 14.2. The van der Waals surface area contributed by atoms with Gasteiger partial charge in [0, 0.05) is 30.3 Å². The molecule has 1 amide bonds. The Morgan fingerprint density at radius 3 is 2.44 bits per heavy atom. The first-order valence-electron chi connectivity index (χ1n) is 8.32. The Labute approximate surface area is 152 Å². The van der Waals surface area contributed by atoms with E-state index in [1.807, 2.05) is 29.2 Å². The van der Waals surface area contributed by atoms with Gasteiger partial charge < -0.3 is 19.6 Å². The first-order chi connectivity index (χ1) is 12.1. The van der Waals surface area contributed by atoms with Crippen LogP contribution >= 0.6 is 11.6 Å². The number of phenolic OH excluding ortho intramolecular Hbond substituents is 1. The zero-order chi connectivity index (χ0) is 17.6. The number of amides is 1. The van der Waals surface area contributed by atoms with E-state index >= 15 is 0 Å². The van der Waals surface area contributed by atoms with E-state index in [9.17, 15) is 9.90 Å². The van der Waals surface area contributed by atoms with Crippen molar-refractivity contribution in [3.63, 3.8) is 0 Å². The lowest BCUT2D eigenvalue weighted by Crippen LogP contribution is -2.50. The van der Waals surface area contributed by atoms with Crippen LogP contribution in [-0.2, 0) is 4.79 Å². The lowest BCUT2D eigenvalue weighted by molar-refractivity contribution is -0.131. The largest absolute Gasteiger partial charge is 0.508 e. The fourth-order valence-electron chi connectivity index (χ4n) is 2.81. The van der Waals surface area contributed by atoms with Crippen LogP contribution in [0.2, 0.25) is 5.02 Å². The molecule has 0 atom stereocenters. The average molecular weight is 361 g/mol. The second-order valence-electron chi connectivity index (χ2n) is 5.97. The smallest absolute Gasteiger partial charge is 0.242 e. The van der Waals surface area contributed by atoms with Gasteiger partial charge in [0.25, 0.3) is 0 Å². The molecule has 25 heavy (non-hydrogen) atoms. The number of ether oxygens (including phenoxy) is 1. The van der Waals surface area contributed by atoms with Crippen molar-refractivity contribution in [3.05, 3.63) is 53.6 Å². The molecule has 0 spiro atoms. The predicted octanol–water partition coefficient (Wildman–Crippen LogP) is 3.16. The lowest BCUT2D eigenvalue weighted by atomic mass is 10.2. The standard InChI is InChI=1S/C19H21ClN2O3/c20-15-2-4-16(5-3-15)22-12-11-21(19(24)14-22)10-1-13-25-18-8-6-17(23)7-9-18/h2-9,23H,1,10-14H2. The average Bonchev–Trinajstić information content (AvgIpc) is 2.62. The van der Waals surface area contributed by atoms with Gasteiger partial charge in [0.15, 0.2) is 0 Å². The normalized spacial score (nSPS) is 14.7. The number of phenols is 1. The Morgan fingerprint density at radius 2 is 1.76 bits per heavy atom. The van der Waals surface area contributed by atoms with Crippen LogP contribution in [0.4, 0.5) is 5.69 Å². The van der Waals surface area contributed by atoms with Crippen molar-refractivity contribution in [2.75, 3.05) is 37.7 Å². The maximum absolute atomic E-state index is 12.3. The van der Waals surface area contributed by atoms with E-state index in [2.05, 4.69) is 4.90 Å². The van der Waals surface area contributed by atoms with Gasteiger partial charge in [0.05, 0.1) is 13.2 Å². The minimum Gasteiger partial charge on any atom is -0.508 e. The summed E-state index contributed by atoms with van der Waals surface area (Å²) in [6.45, 7) is 3.13. The highest BCUT2D eigenvalue weighted by atomic mass is 35.5. The summed E-state index contributed by atoms with van der Waals surface area (Å²) in [4.78, 5) is 16.3. The molecule has 1 aliphatic heterocycles. The summed E-state index contributed by atoms with van der Waals surface area (Å²) in [5.74, 6) is 1.07. The summed E-state index contributed by atoms with van der Waals surface area (Å²) >= 11 is 5.91. The topological polar surface area (TPSA) is 53.0 Å². The number of rotatable bonds is 6. The molecule has 3 rings (SSSR count). The number of piperazine rings is 1. The maximum Gasteiger partial charge on any atom is 0.242 e.